The van der Waals surface area contributed by atoms with E-state index in [0.717, 1.165) is 42.8 Å². The Morgan fingerprint density at radius 1 is 1.00 bits per heavy atom. The Bertz CT molecular complexity index is 831. The lowest BCUT2D eigenvalue weighted by molar-refractivity contribution is 0.255. The highest BCUT2D eigenvalue weighted by atomic mass is 19.1. The van der Waals surface area contributed by atoms with Gasteiger partial charge in [-0.05, 0) is 92.0 Å². The predicted molar refractivity (Wildman–Crippen MR) is 98.9 cm³/mol. The van der Waals surface area contributed by atoms with E-state index < -0.39 is 0 Å². The van der Waals surface area contributed by atoms with Crippen molar-refractivity contribution in [2.24, 2.45) is 0 Å². The van der Waals surface area contributed by atoms with E-state index in [1.807, 2.05) is 24.5 Å². The van der Waals surface area contributed by atoms with Crippen molar-refractivity contribution in [3.8, 4) is 22.4 Å². The molecule has 0 spiro atoms. The second kappa shape index (κ2) is 6.81. The van der Waals surface area contributed by atoms with E-state index in [4.69, 9.17) is 0 Å². The van der Waals surface area contributed by atoms with Crippen LogP contribution in [0.1, 0.15) is 24.3 Å². The summed E-state index contributed by atoms with van der Waals surface area (Å²) in [4.78, 5) is 10.0. The van der Waals surface area contributed by atoms with Crippen LogP contribution >= 0.6 is 0 Å². The highest BCUT2D eigenvalue weighted by Crippen LogP contribution is 2.40. The molecule has 1 aliphatic rings. The van der Waals surface area contributed by atoms with Crippen LogP contribution in [-0.2, 0) is 0 Å². The number of piperidine rings is 1. The van der Waals surface area contributed by atoms with Gasteiger partial charge in [-0.15, -0.1) is 0 Å². The molecule has 0 bridgehead atoms. The zero-order valence-corrected chi connectivity index (χ0v) is 14.4. The number of hydrogen-bond acceptors (Lipinski definition) is 2. The molecule has 3 heterocycles. The van der Waals surface area contributed by atoms with Crippen molar-refractivity contribution >= 4 is 0 Å². The van der Waals surface area contributed by atoms with Gasteiger partial charge in [0.25, 0.3) is 0 Å². The lowest BCUT2D eigenvalue weighted by atomic mass is 9.86. The molecule has 1 saturated heterocycles. The molecule has 0 radical (unpaired) electrons. The fourth-order valence-electron chi connectivity index (χ4n) is 3.75. The Hall–Kier alpha value is -2.46. The number of aromatic amines is 1. The van der Waals surface area contributed by atoms with E-state index in [-0.39, 0.29) is 5.82 Å². The number of pyridine rings is 1. The fourth-order valence-corrected chi connectivity index (χ4v) is 3.75. The largest absolute Gasteiger partial charge is 0.360 e. The zero-order chi connectivity index (χ0) is 17.2. The topological polar surface area (TPSA) is 31.9 Å². The number of aromatic nitrogens is 2. The zero-order valence-electron chi connectivity index (χ0n) is 14.4. The Labute approximate surface area is 147 Å². The Morgan fingerprint density at radius 3 is 2.36 bits per heavy atom. The maximum absolute atomic E-state index is 13.3. The Morgan fingerprint density at radius 2 is 1.68 bits per heavy atom. The lowest BCUT2D eigenvalue weighted by Crippen LogP contribution is -2.29. The number of H-pyrrole nitrogens is 1. The third kappa shape index (κ3) is 3.22. The van der Waals surface area contributed by atoms with Gasteiger partial charge < -0.3 is 9.88 Å². The molecule has 1 aromatic carbocycles. The normalized spacial score (nSPS) is 16.2. The molecule has 0 aliphatic carbocycles. The molecule has 25 heavy (non-hydrogen) atoms. The van der Waals surface area contributed by atoms with E-state index in [1.165, 1.54) is 23.3 Å². The first-order valence-corrected chi connectivity index (χ1v) is 8.78. The Kier molecular flexibility index (Phi) is 4.36. The summed E-state index contributed by atoms with van der Waals surface area (Å²) in [5, 5.41) is 0. The van der Waals surface area contributed by atoms with Crippen LogP contribution in [0, 0.1) is 5.82 Å². The quantitative estimate of drug-likeness (QED) is 0.753. The number of nitrogens with one attached hydrogen (secondary N) is 1. The number of nitrogens with zero attached hydrogens (tertiary/aromatic N) is 2. The van der Waals surface area contributed by atoms with Gasteiger partial charge in [-0.25, -0.2) is 4.39 Å². The van der Waals surface area contributed by atoms with Crippen molar-refractivity contribution in [2.75, 3.05) is 20.1 Å². The highest BCUT2D eigenvalue weighted by molar-refractivity contribution is 5.84. The second-order valence-electron chi connectivity index (χ2n) is 6.81. The van der Waals surface area contributed by atoms with Gasteiger partial charge in [0, 0.05) is 24.2 Å². The molecule has 4 rings (SSSR count). The van der Waals surface area contributed by atoms with E-state index in [0.29, 0.717) is 5.92 Å². The number of benzene rings is 1. The smallest absolute Gasteiger partial charge is 0.123 e. The summed E-state index contributed by atoms with van der Waals surface area (Å²) in [5.74, 6) is 0.334. The number of halogens is 1. The molecule has 4 heteroatoms. The van der Waals surface area contributed by atoms with E-state index >= 15 is 0 Å². The molecule has 1 N–H and O–H groups in total. The van der Waals surface area contributed by atoms with Crippen LogP contribution in [0.2, 0.25) is 0 Å². The standard InChI is InChI=1S/C21H22FN3/c1-25-12-8-15(9-13-25)19-14-24-21(17-2-4-18(22)5-3-17)20(19)16-6-10-23-11-7-16/h2-7,10-11,14-15,24H,8-9,12-13H2,1H3. The molecule has 0 unspecified atom stereocenters. The summed E-state index contributed by atoms with van der Waals surface area (Å²) in [7, 11) is 2.18. The third-order valence-corrected chi connectivity index (χ3v) is 5.17. The van der Waals surface area contributed by atoms with Crippen LogP contribution in [0.3, 0.4) is 0 Å². The molecule has 1 fully saturated rings. The lowest BCUT2D eigenvalue weighted by Gasteiger charge is -2.29. The molecule has 128 valence electrons. The Balaban J connectivity index is 1.81. The van der Waals surface area contributed by atoms with Gasteiger partial charge in [-0.3, -0.25) is 4.98 Å². The van der Waals surface area contributed by atoms with E-state index in [1.54, 1.807) is 0 Å². The summed E-state index contributed by atoms with van der Waals surface area (Å²) < 4.78 is 13.3. The fraction of sp³-hybridized carbons (Fsp3) is 0.286. The summed E-state index contributed by atoms with van der Waals surface area (Å²) in [6.07, 6.45) is 8.12. The van der Waals surface area contributed by atoms with Crippen molar-refractivity contribution in [1.82, 2.24) is 14.9 Å². The second-order valence-corrected chi connectivity index (χ2v) is 6.81. The predicted octanol–water partition coefficient (Wildman–Crippen LogP) is 4.69. The van der Waals surface area contributed by atoms with Crippen LogP contribution in [0.15, 0.2) is 55.0 Å². The van der Waals surface area contributed by atoms with Gasteiger partial charge in [0.1, 0.15) is 5.82 Å². The first kappa shape index (κ1) is 16.0. The molecule has 1 aliphatic heterocycles. The van der Waals surface area contributed by atoms with Crippen molar-refractivity contribution in [3.63, 3.8) is 0 Å². The van der Waals surface area contributed by atoms with Gasteiger partial charge in [0.05, 0.1) is 5.69 Å². The van der Waals surface area contributed by atoms with Gasteiger partial charge in [0.15, 0.2) is 0 Å². The van der Waals surface area contributed by atoms with Gasteiger partial charge in [0.2, 0.25) is 0 Å². The highest BCUT2D eigenvalue weighted by Gasteiger charge is 2.24. The minimum atomic E-state index is -0.212. The molecular weight excluding hydrogens is 313 g/mol. The number of likely N-dealkylation sites (tertiary alicyclic amines) is 1. The maximum Gasteiger partial charge on any atom is 0.123 e. The van der Waals surface area contributed by atoms with Crippen molar-refractivity contribution < 1.29 is 4.39 Å². The van der Waals surface area contributed by atoms with Crippen molar-refractivity contribution in [3.05, 3.63) is 66.4 Å². The average Bonchev–Trinajstić information content (AvgIpc) is 3.09. The summed E-state index contributed by atoms with van der Waals surface area (Å²) in [6.45, 7) is 2.25. The molecule has 0 saturated carbocycles. The molecular formula is C21H22FN3. The van der Waals surface area contributed by atoms with E-state index in [9.17, 15) is 4.39 Å². The first-order valence-electron chi connectivity index (χ1n) is 8.78. The summed E-state index contributed by atoms with van der Waals surface area (Å²) in [6, 6.07) is 10.8. The molecule has 2 aromatic heterocycles. The molecule has 0 atom stereocenters. The van der Waals surface area contributed by atoms with Gasteiger partial charge in [-0.2, -0.15) is 0 Å². The summed E-state index contributed by atoms with van der Waals surface area (Å²) >= 11 is 0. The minimum absolute atomic E-state index is 0.212. The molecule has 3 nitrogen and oxygen atoms in total. The number of rotatable bonds is 3. The van der Waals surface area contributed by atoms with Crippen LogP contribution < -0.4 is 0 Å². The van der Waals surface area contributed by atoms with Crippen LogP contribution in [0.25, 0.3) is 22.4 Å². The molecule has 3 aromatic rings. The minimum Gasteiger partial charge on any atom is -0.360 e. The monoisotopic (exact) mass is 335 g/mol. The average molecular weight is 335 g/mol. The van der Waals surface area contributed by atoms with Gasteiger partial charge >= 0.3 is 0 Å². The summed E-state index contributed by atoms with van der Waals surface area (Å²) in [5.41, 5.74) is 5.80. The SMILES string of the molecule is CN1CCC(c2c[nH]c(-c3ccc(F)cc3)c2-c2ccncc2)CC1. The third-order valence-electron chi connectivity index (χ3n) is 5.17. The van der Waals surface area contributed by atoms with Crippen LogP contribution in [0.5, 0.6) is 0 Å². The van der Waals surface area contributed by atoms with Crippen molar-refractivity contribution in [2.45, 2.75) is 18.8 Å². The first-order chi connectivity index (χ1) is 12.2. The van der Waals surface area contributed by atoms with E-state index in [2.05, 4.69) is 40.2 Å². The van der Waals surface area contributed by atoms with Gasteiger partial charge in [-0.1, -0.05) is 0 Å². The van der Waals surface area contributed by atoms with Crippen LogP contribution in [-0.4, -0.2) is 35.0 Å². The molecule has 0 amide bonds. The maximum atomic E-state index is 13.3. The van der Waals surface area contributed by atoms with Crippen molar-refractivity contribution in [1.29, 1.82) is 0 Å². The van der Waals surface area contributed by atoms with Crippen LogP contribution in [0.4, 0.5) is 4.39 Å². The number of hydrogen-bond donors (Lipinski definition) is 1.